The van der Waals surface area contributed by atoms with E-state index in [9.17, 15) is 20.2 Å². The Kier molecular flexibility index (Phi) is 11.2. The van der Waals surface area contributed by atoms with Gasteiger partial charge in [-0.3, -0.25) is 25.3 Å². The third-order valence-corrected chi connectivity index (χ3v) is 10.8. The lowest BCUT2D eigenvalue weighted by molar-refractivity contribution is -0.385. The minimum atomic E-state index is -0.452. The molecule has 0 saturated carbocycles. The third kappa shape index (κ3) is 8.19. The van der Waals surface area contributed by atoms with Crippen molar-refractivity contribution in [2.24, 2.45) is 0 Å². The number of benzene rings is 3. The van der Waals surface area contributed by atoms with E-state index in [1.54, 1.807) is 24.3 Å². The smallest absolute Gasteiger partial charge is 0.269 e. The molecule has 24 nitrogen and oxygen atoms in total. The van der Waals surface area contributed by atoms with Crippen molar-refractivity contribution in [1.29, 1.82) is 0 Å². The Balaban J connectivity index is 0.000000124. The number of nitro groups is 2. The van der Waals surface area contributed by atoms with Crippen LogP contribution in [0.2, 0.25) is 0 Å². The molecule has 0 bridgehead atoms. The standard InChI is InChI=1S/C15H14N6O3.C15H16N6O.C11H8N6O2/c16-14-12-13(9-1-3-10(4-2-9)21(22)23)19-20(11-5-6-24-7-11)15(12)18-8-17-14;16-10-3-1-9(2-4-10)13-12-14(17)18-8-19-15(12)21(20-13)11-5-6-22-7-11;12-10-8-9(15-16-11(8)14-5-13-10)6-1-3-7(4-2-6)17(18)19/h1-4,8,11H,5-7H2,(H2,16,17,18);1-4,8,11H,5-7,16H2,(H2,17,18,19);1-5H,(H3,12,13,14,15,16)/t2*11-;/m00./s1. The van der Waals surface area contributed by atoms with Crippen LogP contribution in [0.1, 0.15) is 24.9 Å². The molecule has 65 heavy (non-hydrogen) atoms. The number of non-ortho nitro benzene ring substituents is 2. The average molecular weight is 879 g/mol. The van der Waals surface area contributed by atoms with Gasteiger partial charge in [-0.25, -0.2) is 39.3 Å². The molecule has 9 N–H and O–H groups in total. The van der Waals surface area contributed by atoms with Gasteiger partial charge in [0.1, 0.15) is 47.8 Å². The lowest BCUT2D eigenvalue weighted by atomic mass is 10.1. The fourth-order valence-electron chi connectivity index (χ4n) is 7.55. The number of nitrogens with zero attached hydrogens (tertiary/aromatic N) is 13. The van der Waals surface area contributed by atoms with E-state index in [-0.39, 0.29) is 23.5 Å². The minimum Gasteiger partial charge on any atom is -0.399 e. The van der Waals surface area contributed by atoms with Gasteiger partial charge in [0.15, 0.2) is 16.9 Å². The third-order valence-electron chi connectivity index (χ3n) is 10.8. The SMILES string of the molecule is Nc1ccc(-c2nn([C@H]3CCOC3)c3ncnc(N)c23)cc1.Nc1ncnc2c1c(-c1ccc([N+](=O)[O-])cc1)nn2[C@H]1CCOC1.Nc1ncnc2n[nH]c(-c3ccc([N+](=O)[O-])cc3)c12. The van der Waals surface area contributed by atoms with Crippen LogP contribution in [0.15, 0.2) is 91.8 Å². The van der Waals surface area contributed by atoms with Crippen molar-refractivity contribution in [1.82, 2.24) is 59.7 Å². The van der Waals surface area contributed by atoms with Crippen molar-refractivity contribution < 1.29 is 19.3 Å². The van der Waals surface area contributed by atoms with E-state index < -0.39 is 9.85 Å². The van der Waals surface area contributed by atoms with Crippen LogP contribution in [0.4, 0.5) is 34.5 Å². The number of nitrogens with two attached hydrogens (primary N) is 4. The quantitative estimate of drug-likeness (QED) is 0.0791. The summed E-state index contributed by atoms with van der Waals surface area (Å²) in [7, 11) is 0. The number of hydrogen-bond acceptors (Lipinski definition) is 19. The van der Waals surface area contributed by atoms with E-state index in [0.717, 1.165) is 52.9 Å². The lowest BCUT2D eigenvalue weighted by Gasteiger charge is -2.08. The zero-order valence-electron chi connectivity index (χ0n) is 34.1. The van der Waals surface area contributed by atoms with Gasteiger partial charge in [-0.2, -0.15) is 15.3 Å². The van der Waals surface area contributed by atoms with E-state index >= 15 is 0 Å². The maximum Gasteiger partial charge on any atom is 0.269 e. The van der Waals surface area contributed by atoms with Crippen molar-refractivity contribution in [2.45, 2.75) is 24.9 Å². The molecule has 0 unspecified atom stereocenters. The van der Waals surface area contributed by atoms with Crippen LogP contribution in [0.5, 0.6) is 0 Å². The second-order valence-corrected chi connectivity index (χ2v) is 14.8. The van der Waals surface area contributed by atoms with Gasteiger partial charge >= 0.3 is 0 Å². The molecule has 2 fully saturated rings. The Morgan fingerprint density at radius 2 is 1.00 bits per heavy atom. The molecule has 2 aliphatic rings. The van der Waals surface area contributed by atoms with Gasteiger partial charge < -0.3 is 32.4 Å². The predicted octanol–water partition coefficient (Wildman–Crippen LogP) is 5.07. The summed E-state index contributed by atoms with van der Waals surface area (Å²) in [6.45, 7) is 2.63. The molecule has 9 aromatic rings. The van der Waals surface area contributed by atoms with Gasteiger partial charge in [0.25, 0.3) is 11.4 Å². The van der Waals surface area contributed by atoms with Crippen LogP contribution in [0.3, 0.4) is 0 Å². The fraction of sp³-hybridized carbons (Fsp3) is 0.195. The molecule has 0 spiro atoms. The van der Waals surface area contributed by atoms with E-state index in [1.165, 1.54) is 43.2 Å². The molecule has 2 saturated heterocycles. The van der Waals surface area contributed by atoms with E-state index in [4.69, 9.17) is 37.5 Å². The zero-order valence-corrected chi connectivity index (χ0v) is 34.1. The molecule has 6 aromatic heterocycles. The summed E-state index contributed by atoms with van der Waals surface area (Å²) in [5, 5.41) is 39.7. The van der Waals surface area contributed by atoms with Crippen LogP contribution in [0.25, 0.3) is 66.9 Å². The number of hydrogen-bond donors (Lipinski definition) is 5. The van der Waals surface area contributed by atoms with Crippen LogP contribution in [-0.2, 0) is 9.47 Å². The van der Waals surface area contributed by atoms with Crippen molar-refractivity contribution in [3.8, 4) is 33.8 Å². The largest absolute Gasteiger partial charge is 0.399 e. The van der Waals surface area contributed by atoms with Crippen LogP contribution < -0.4 is 22.9 Å². The molecule has 0 amide bonds. The van der Waals surface area contributed by atoms with Gasteiger partial charge in [-0.15, -0.1) is 0 Å². The fourth-order valence-corrected chi connectivity index (χ4v) is 7.55. The number of nitrogens with one attached hydrogen (secondary N) is 1. The Hall–Kier alpha value is -8.77. The highest BCUT2D eigenvalue weighted by Crippen LogP contribution is 2.36. The summed E-state index contributed by atoms with van der Waals surface area (Å²) in [6, 6.07) is 20.1. The summed E-state index contributed by atoms with van der Waals surface area (Å²) in [5.41, 5.74) is 30.7. The second kappa shape index (κ2) is 17.5. The normalized spacial score (nSPS) is 15.7. The summed E-state index contributed by atoms with van der Waals surface area (Å²) in [4.78, 5) is 45.3. The first-order valence-corrected chi connectivity index (χ1v) is 20.0. The topological polar surface area (TPSA) is 350 Å². The van der Waals surface area contributed by atoms with Gasteiger partial charge in [0.05, 0.1) is 57.0 Å². The molecule has 0 radical (unpaired) electrons. The maximum atomic E-state index is 10.8. The highest BCUT2D eigenvalue weighted by molar-refractivity contribution is 6.00. The second-order valence-electron chi connectivity index (χ2n) is 14.8. The van der Waals surface area contributed by atoms with Gasteiger partial charge in [-0.05, 0) is 49.2 Å². The number of anilines is 4. The first-order valence-electron chi connectivity index (χ1n) is 20.0. The first kappa shape index (κ1) is 41.6. The lowest BCUT2D eigenvalue weighted by Crippen LogP contribution is -2.11. The number of H-pyrrole nitrogens is 1. The summed E-state index contributed by atoms with van der Waals surface area (Å²) in [5.74, 6) is 1.08. The maximum absolute atomic E-state index is 10.8. The number of nitro benzene ring substituents is 2. The molecule has 0 aliphatic carbocycles. The molecular formula is C41H38N18O6. The zero-order chi connectivity index (χ0) is 45.2. The number of aromatic amines is 1. The van der Waals surface area contributed by atoms with Crippen molar-refractivity contribution in [3.63, 3.8) is 0 Å². The number of ether oxygens (including phenoxy) is 2. The first-order chi connectivity index (χ1) is 31.5. The number of fused-ring (bicyclic) bond motifs is 3. The minimum absolute atomic E-state index is 0.0240. The Labute approximate surface area is 366 Å². The predicted molar refractivity (Wildman–Crippen MR) is 239 cm³/mol. The molecule has 8 heterocycles. The monoisotopic (exact) mass is 878 g/mol. The number of aromatic nitrogens is 12. The van der Waals surface area contributed by atoms with Gasteiger partial charge in [0, 0.05) is 59.9 Å². The van der Waals surface area contributed by atoms with Crippen LogP contribution in [-0.4, -0.2) is 95.9 Å². The molecule has 11 rings (SSSR count). The highest BCUT2D eigenvalue weighted by atomic mass is 16.6. The average Bonchev–Trinajstić information content (AvgIpc) is 4.18. The van der Waals surface area contributed by atoms with E-state index in [0.29, 0.717) is 76.4 Å². The Morgan fingerprint density at radius 3 is 1.45 bits per heavy atom. The Bertz CT molecular complexity index is 3180. The van der Waals surface area contributed by atoms with Crippen molar-refractivity contribution >= 4 is 67.6 Å². The van der Waals surface area contributed by atoms with Gasteiger partial charge in [0.2, 0.25) is 0 Å². The van der Waals surface area contributed by atoms with Crippen LogP contribution >= 0.6 is 0 Å². The molecular weight excluding hydrogens is 841 g/mol. The number of rotatable bonds is 7. The van der Waals surface area contributed by atoms with E-state index in [2.05, 4.69) is 45.2 Å². The molecule has 3 aromatic carbocycles. The summed E-state index contributed by atoms with van der Waals surface area (Å²) >= 11 is 0. The summed E-state index contributed by atoms with van der Waals surface area (Å²) < 4.78 is 14.6. The summed E-state index contributed by atoms with van der Waals surface area (Å²) in [6.07, 6.45) is 5.98. The van der Waals surface area contributed by atoms with E-state index in [1.807, 2.05) is 33.6 Å². The molecule has 2 aliphatic heterocycles. The van der Waals surface area contributed by atoms with Crippen molar-refractivity contribution in [2.75, 3.05) is 49.4 Å². The molecule has 2 atom stereocenters. The highest BCUT2D eigenvalue weighted by Gasteiger charge is 2.27. The van der Waals surface area contributed by atoms with Crippen molar-refractivity contribution in [3.05, 3.63) is 112 Å². The van der Waals surface area contributed by atoms with Crippen LogP contribution in [0, 0.1) is 20.2 Å². The number of nitrogen functional groups attached to an aromatic ring is 4. The van der Waals surface area contributed by atoms with Gasteiger partial charge in [-0.1, -0.05) is 12.1 Å². The molecule has 24 heteroatoms. The molecule has 328 valence electrons. The Morgan fingerprint density at radius 1 is 0.569 bits per heavy atom.